The summed E-state index contributed by atoms with van der Waals surface area (Å²) in [6.07, 6.45) is 8.37. The molecule has 0 saturated heterocycles. The van der Waals surface area contributed by atoms with E-state index >= 15 is 0 Å². The van der Waals surface area contributed by atoms with Gasteiger partial charge in [0.15, 0.2) is 0 Å². The summed E-state index contributed by atoms with van der Waals surface area (Å²) in [6.45, 7) is 5.37. The van der Waals surface area contributed by atoms with Crippen LogP contribution in [-0.2, 0) is 0 Å². The summed E-state index contributed by atoms with van der Waals surface area (Å²) in [6, 6.07) is 0.623. The summed E-state index contributed by atoms with van der Waals surface area (Å²) in [4.78, 5) is 0. The van der Waals surface area contributed by atoms with Gasteiger partial charge in [-0.3, -0.25) is 0 Å². The normalized spacial score (nSPS) is 12.5. The van der Waals surface area contributed by atoms with E-state index in [4.69, 9.17) is 6.42 Å². The Hall–Kier alpha value is -0.480. The molecule has 1 atom stereocenters. The Morgan fingerprint density at radius 1 is 1.60 bits per heavy atom. The first-order chi connectivity index (χ1) is 4.81. The SMILES string of the molecule is C#CCCCC(C)NCC. The highest BCUT2D eigenvalue weighted by molar-refractivity contribution is 4.83. The van der Waals surface area contributed by atoms with E-state index in [1.165, 1.54) is 6.42 Å². The van der Waals surface area contributed by atoms with Crippen molar-refractivity contribution in [3.63, 3.8) is 0 Å². The van der Waals surface area contributed by atoms with Gasteiger partial charge in [0.2, 0.25) is 0 Å². The lowest BCUT2D eigenvalue weighted by molar-refractivity contribution is 0.516. The zero-order valence-corrected chi connectivity index (χ0v) is 6.98. The van der Waals surface area contributed by atoms with Crippen LogP contribution >= 0.6 is 0 Å². The van der Waals surface area contributed by atoms with Crippen molar-refractivity contribution in [1.29, 1.82) is 0 Å². The lowest BCUT2D eigenvalue weighted by atomic mass is 10.1. The maximum absolute atomic E-state index is 5.12. The second-order valence-electron chi connectivity index (χ2n) is 2.56. The molecule has 0 aromatic carbocycles. The molecule has 58 valence electrons. The first-order valence-electron chi connectivity index (χ1n) is 3.98. The Morgan fingerprint density at radius 3 is 2.80 bits per heavy atom. The Labute approximate surface area is 64.2 Å². The molecule has 0 spiro atoms. The average Bonchev–Trinajstić information content (AvgIpc) is 1.89. The molecule has 0 radical (unpaired) electrons. The van der Waals surface area contributed by atoms with E-state index < -0.39 is 0 Å². The summed E-state index contributed by atoms with van der Waals surface area (Å²) < 4.78 is 0. The van der Waals surface area contributed by atoms with Crippen LogP contribution in [0.25, 0.3) is 0 Å². The molecule has 1 heteroatoms. The fourth-order valence-electron chi connectivity index (χ4n) is 0.961. The molecule has 0 saturated carbocycles. The monoisotopic (exact) mass is 139 g/mol. The molecule has 0 aliphatic rings. The third-order valence-electron chi connectivity index (χ3n) is 1.51. The zero-order valence-electron chi connectivity index (χ0n) is 6.98. The van der Waals surface area contributed by atoms with E-state index in [1.807, 2.05) is 0 Å². The molecule has 0 rings (SSSR count). The van der Waals surface area contributed by atoms with Crippen LogP contribution < -0.4 is 5.32 Å². The Morgan fingerprint density at radius 2 is 2.30 bits per heavy atom. The van der Waals surface area contributed by atoms with Gasteiger partial charge in [-0.05, 0) is 26.3 Å². The lowest BCUT2D eigenvalue weighted by Crippen LogP contribution is -2.25. The Bertz CT molecular complexity index is 102. The molecule has 1 nitrogen and oxygen atoms in total. The van der Waals surface area contributed by atoms with E-state index in [-0.39, 0.29) is 0 Å². The third kappa shape index (κ3) is 5.65. The van der Waals surface area contributed by atoms with Crippen molar-refractivity contribution in [1.82, 2.24) is 5.32 Å². The molecule has 0 aromatic rings. The molecular weight excluding hydrogens is 122 g/mol. The van der Waals surface area contributed by atoms with Crippen LogP contribution in [-0.4, -0.2) is 12.6 Å². The van der Waals surface area contributed by atoms with E-state index in [0.29, 0.717) is 6.04 Å². The molecule has 1 unspecified atom stereocenters. The standard InChI is InChI=1S/C9H17N/c1-4-6-7-8-9(3)10-5-2/h1,9-10H,5-8H2,2-3H3. The van der Waals surface area contributed by atoms with Crippen molar-refractivity contribution < 1.29 is 0 Å². The fourth-order valence-corrected chi connectivity index (χ4v) is 0.961. The molecule has 1 N–H and O–H groups in total. The smallest absolute Gasteiger partial charge is 0.00866 e. The van der Waals surface area contributed by atoms with Crippen LogP contribution in [0.2, 0.25) is 0 Å². The van der Waals surface area contributed by atoms with Gasteiger partial charge < -0.3 is 5.32 Å². The van der Waals surface area contributed by atoms with E-state index in [1.54, 1.807) is 0 Å². The van der Waals surface area contributed by atoms with Crippen molar-refractivity contribution in [2.24, 2.45) is 0 Å². The molecule has 0 bridgehead atoms. The largest absolute Gasteiger partial charge is 0.315 e. The van der Waals surface area contributed by atoms with Gasteiger partial charge in [-0.25, -0.2) is 0 Å². The van der Waals surface area contributed by atoms with Crippen molar-refractivity contribution in [3.8, 4) is 12.3 Å². The molecule has 0 aliphatic heterocycles. The molecule has 0 heterocycles. The highest BCUT2D eigenvalue weighted by atomic mass is 14.9. The van der Waals surface area contributed by atoms with Crippen molar-refractivity contribution in [3.05, 3.63) is 0 Å². The van der Waals surface area contributed by atoms with Gasteiger partial charge >= 0.3 is 0 Å². The van der Waals surface area contributed by atoms with Crippen LogP contribution in [0.1, 0.15) is 33.1 Å². The van der Waals surface area contributed by atoms with Crippen LogP contribution in [0.15, 0.2) is 0 Å². The maximum Gasteiger partial charge on any atom is 0.00866 e. The fraction of sp³-hybridized carbons (Fsp3) is 0.778. The van der Waals surface area contributed by atoms with Crippen LogP contribution in [0.4, 0.5) is 0 Å². The van der Waals surface area contributed by atoms with Gasteiger partial charge in [0.25, 0.3) is 0 Å². The third-order valence-corrected chi connectivity index (χ3v) is 1.51. The average molecular weight is 139 g/mol. The topological polar surface area (TPSA) is 12.0 Å². The summed E-state index contributed by atoms with van der Waals surface area (Å²) in [5, 5.41) is 3.34. The highest BCUT2D eigenvalue weighted by Crippen LogP contribution is 1.98. The van der Waals surface area contributed by atoms with Crippen LogP contribution in [0.3, 0.4) is 0 Å². The van der Waals surface area contributed by atoms with Crippen molar-refractivity contribution >= 4 is 0 Å². The predicted octanol–water partition coefficient (Wildman–Crippen LogP) is 1.79. The van der Waals surface area contributed by atoms with Gasteiger partial charge in [0.1, 0.15) is 0 Å². The minimum Gasteiger partial charge on any atom is -0.315 e. The quantitative estimate of drug-likeness (QED) is 0.452. The molecule has 0 amide bonds. The molecule has 0 fully saturated rings. The maximum atomic E-state index is 5.12. The van der Waals surface area contributed by atoms with E-state index in [0.717, 1.165) is 19.4 Å². The Kier molecular flexibility index (Phi) is 6.32. The van der Waals surface area contributed by atoms with E-state index in [2.05, 4.69) is 25.1 Å². The predicted molar refractivity (Wildman–Crippen MR) is 45.8 cm³/mol. The van der Waals surface area contributed by atoms with Gasteiger partial charge in [-0.2, -0.15) is 0 Å². The minimum absolute atomic E-state index is 0.623. The molecule has 0 aromatic heterocycles. The number of nitrogens with one attached hydrogen (secondary N) is 1. The first-order valence-corrected chi connectivity index (χ1v) is 3.98. The zero-order chi connectivity index (χ0) is 7.82. The lowest BCUT2D eigenvalue weighted by Gasteiger charge is -2.09. The van der Waals surface area contributed by atoms with Crippen LogP contribution in [0, 0.1) is 12.3 Å². The summed E-state index contributed by atoms with van der Waals surface area (Å²) in [5.74, 6) is 2.64. The van der Waals surface area contributed by atoms with Crippen LogP contribution in [0.5, 0.6) is 0 Å². The molecule has 0 aliphatic carbocycles. The van der Waals surface area contributed by atoms with Gasteiger partial charge in [0.05, 0.1) is 0 Å². The molecule has 10 heavy (non-hydrogen) atoms. The Balaban J connectivity index is 3.06. The second-order valence-corrected chi connectivity index (χ2v) is 2.56. The second kappa shape index (κ2) is 6.64. The van der Waals surface area contributed by atoms with Crippen molar-refractivity contribution in [2.75, 3.05) is 6.54 Å². The summed E-state index contributed by atoms with van der Waals surface area (Å²) in [7, 11) is 0. The number of hydrogen-bond donors (Lipinski definition) is 1. The number of hydrogen-bond acceptors (Lipinski definition) is 1. The van der Waals surface area contributed by atoms with Gasteiger partial charge in [-0.15, -0.1) is 12.3 Å². The van der Waals surface area contributed by atoms with Gasteiger partial charge in [0, 0.05) is 12.5 Å². The van der Waals surface area contributed by atoms with Crippen molar-refractivity contribution in [2.45, 2.75) is 39.2 Å². The molecular formula is C9H17N. The summed E-state index contributed by atoms with van der Waals surface area (Å²) >= 11 is 0. The van der Waals surface area contributed by atoms with E-state index in [9.17, 15) is 0 Å². The summed E-state index contributed by atoms with van der Waals surface area (Å²) in [5.41, 5.74) is 0. The number of unbranched alkanes of at least 4 members (excludes halogenated alkanes) is 1. The number of terminal acetylenes is 1. The van der Waals surface area contributed by atoms with Gasteiger partial charge in [-0.1, -0.05) is 6.92 Å². The number of rotatable bonds is 5. The highest BCUT2D eigenvalue weighted by Gasteiger charge is 1.96. The minimum atomic E-state index is 0.623. The first kappa shape index (κ1) is 9.52.